The minimum atomic E-state index is -1.09. The van der Waals surface area contributed by atoms with Gasteiger partial charge in [0.05, 0.1) is 44.1 Å². The highest BCUT2D eigenvalue weighted by molar-refractivity contribution is 5.89. The maximum Gasteiger partial charge on any atom is 0.244 e. The van der Waals surface area contributed by atoms with Gasteiger partial charge in [0.15, 0.2) is 5.82 Å². The van der Waals surface area contributed by atoms with Gasteiger partial charge in [-0.05, 0) is 50.3 Å². The number of hydrogen-bond donors (Lipinski definition) is 1. The van der Waals surface area contributed by atoms with Crippen molar-refractivity contribution in [1.29, 1.82) is 0 Å². The molecule has 0 unspecified atom stereocenters. The fourth-order valence-corrected chi connectivity index (χ4v) is 5.23. The molecule has 1 aromatic carbocycles. The largest absolute Gasteiger partial charge is 0.479 e. The fraction of sp³-hybridized carbons (Fsp3) is 0.500. The van der Waals surface area contributed by atoms with Crippen molar-refractivity contribution in [1.82, 2.24) is 29.6 Å². The lowest BCUT2D eigenvalue weighted by Gasteiger charge is -2.46. The second-order valence-corrected chi connectivity index (χ2v) is 9.76. The molecule has 184 valence electrons. The minimum Gasteiger partial charge on any atom is -0.479 e. The summed E-state index contributed by atoms with van der Waals surface area (Å²) in [4.78, 5) is 4.56. The lowest BCUT2D eigenvalue weighted by atomic mass is 9.71. The first-order chi connectivity index (χ1) is 16.9. The zero-order valence-corrected chi connectivity index (χ0v) is 19.7. The van der Waals surface area contributed by atoms with E-state index < -0.39 is 12.0 Å². The Morgan fingerprint density at radius 3 is 2.77 bits per heavy atom. The van der Waals surface area contributed by atoms with Gasteiger partial charge in [0.25, 0.3) is 0 Å². The topological polar surface area (TPSA) is 91.4 Å². The fourth-order valence-electron chi connectivity index (χ4n) is 5.23. The van der Waals surface area contributed by atoms with Gasteiger partial charge in [-0.15, -0.1) is 10.2 Å². The lowest BCUT2D eigenvalue weighted by molar-refractivity contribution is -0.131. The second-order valence-electron chi connectivity index (χ2n) is 9.76. The van der Waals surface area contributed by atoms with Crippen LogP contribution in [0.3, 0.4) is 0 Å². The zero-order chi connectivity index (χ0) is 24.2. The van der Waals surface area contributed by atoms with E-state index >= 15 is 4.39 Å². The highest BCUT2D eigenvalue weighted by Crippen LogP contribution is 2.43. The zero-order valence-electron chi connectivity index (χ0n) is 19.7. The van der Waals surface area contributed by atoms with Crippen molar-refractivity contribution in [3.63, 3.8) is 0 Å². The van der Waals surface area contributed by atoms with Crippen molar-refractivity contribution < 1.29 is 18.3 Å². The summed E-state index contributed by atoms with van der Waals surface area (Å²) in [6.07, 6.45) is 4.48. The summed E-state index contributed by atoms with van der Waals surface area (Å²) < 4.78 is 42.8. The van der Waals surface area contributed by atoms with E-state index in [2.05, 4.69) is 25.7 Å². The highest BCUT2D eigenvalue weighted by Gasteiger charge is 2.41. The van der Waals surface area contributed by atoms with Crippen LogP contribution >= 0.6 is 0 Å². The van der Waals surface area contributed by atoms with Gasteiger partial charge in [0.1, 0.15) is 17.2 Å². The van der Waals surface area contributed by atoms with E-state index in [4.69, 9.17) is 9.47 Å². The molecule has 1 aliphatic heterocycles. The smallest absolute Gasteiger partial charge is 0.244 e. The summed E-state index contributed by atoms with van der Waals surface area (Å²) in [6, 6.07) is 5.50. The molecular weight excluding hydrogens is 456 g/mol. The van der Waals surface area contributed by atoms with Gasteiger partial charge in [0, 0.05) is 11.5 Å². The van der Waals surface area contributed by atoms with Crippen molar-refractivity contribution in [2.24, 2.45) is 5.41 Å². The Balaban J connectivity index is 1.34. The number of fused-ring (bicyclic) bond motifs is 2. The maximum absolute atomic E-state index is 15.3. The Kier molecular flexibility index (Phi) is 5.32. The number of nitrogens with zero attached hydrogens (tertiary/aromatic N) is 6. The molecule has 1 spiro atoms. The van der Waals surface area contributed by atoms with Crippen molar-refractivity contribution >= 4 is 22.5 Å². The third-order valence-electron chi connectivity index (χ3n) is 7.17. The first-order valence-electron chi connectivity index (χ1n) is 11.9. The van der Waals surface area contributed by atoms with E-state index in [9.17, 15) is 4.39 Å². The summed E-state index contributed by atoms with van der Waals surface area (Å²) in [7, 11) is 1.51. The van der Waals surface area contributed by atoms with E-state index in [1.165, 1.54) is 29.4 Å². The molecule has 1 atom stereocenters. The van der Waals surface area contributed by atoms with Crippen molar-refractivity contribution in [2.75, 3.05) is 25.6 Å². The van der Waals surface area contributed by atoms with Gasteiger partial charge < -0.3 is 14.8 Å². The minimum absolute atomic E-state index is 0.0652. The van der Waals surface area contributed by atoms with Crippen LogP contribution < -0.4 is 10.1 Å². The van der Waals surface area contributed by atoms with Gasteiger partial charge >= 0.3 is 0 Å². The van der Waals surface area contributed by atoms with Crippen LogP contribution in [0.25, 0.3) is 27.7 Å². The van der Waals surface area contributed by atoms with Gasteiger partial charge in [-0.2, -0.15) is 4.98 Å². The number of nitrogens with one attached hydrogen (secondary N) is 1. The number of ether oxygens (including phenoxy) is 2. The summed E-state index contributed by atoms with van der Waals surface area (Å²) in [5, 5.41) is 16.0. The van der Waals surface area contributed by atoms with Gasteiger partial charge in [-0.25, -0.2) is 18.0 Å². The van der Waals surface area contributed by atoms with Crippen LogP contribution in [-0.2, 0) is 11.3 Å². The van der Waals surface area contributed by atoms with Crippen molar-refractivity contribution in [3.8, 4) is 17.0 Å². The summed E-state index contributed by atoms with van der Waals surface area (Å²) >= 11 is 0. The van der Waals surface area contributed by atoms with Gasteiger partial charge in [0.2, 0.25) is 11.8 Å². The van der Waals surface area contributed by atoms with Crippen LogP contribution in [0.1, 0.15) is 32.6 Å². The molecule has 4 aromatic rings. The van der Waals surface area contributed by atoms with Gasteiger partial charge in [-0.3, -0.25) is 0 Å². The molecule has 6 rings (SSSR count). The SMILES string of the molecule is COc1nc(NC2CCC3(CC2)COC3)nn2cc(F)c(-c3ccc4nnn(C[C@H](C)F)c4c3)c12. The Hall–Kier alpha value is -3.34. The number of rotatable bonds is 6. The Labute approximate surface area is 200 Å². The predicted molar refractivity (Wildman–Crippen MR) is 126 cm³/mol. The van der Waals surface area contributed by atoms with Crippen LogP contribution in [0.2, 0.25) is 0 Å². The summed E-state index contributed by atoms with van der Waals surface area (Å²) in [5.74, 6) is 0.207. The molecule has 1 saturated heterocycles. The average Bonchev–Trinajstić information content (AvgIpc) is 3.37. The van der Waals surface area contributed by atoms with Crippen LogP contribution in [0, 0.1) is 11.2 Å². The van der Waals surface area contributed by atoms with E-state index in [0.717, 1.165) is 38.9 Å². The van der Waals surface area contributed by atoms with Crippen molar-refractivity contribution in [3.05, 3.63) is 30.2 Å². The molecule has 11 heteroatoms. The number of alkyl halides is 1. The molecular formula is C24H27F2N7O2. The molecule has 4 heterocycles. The molecule has 0 radical (unpaired) electrons. The number of halogens is 2. The third-order valence-corrected chi connectivity index (χ3v) is 7.17. The Morgan fingerprint density at radius 2 is 2.09 bits per heavy atom. The molecule has 9 nitrogen and oxygen atoms in total. The number of hydrogen-bond acceptors (Lipinski definition) is 7. The molecule has 0 bridgehead atoms. The molecule has 2 fully saturated rings. The lowest BCUT2D eigenvalue weighted by Crippen LogP contribution is -2.47. The molecule has 1 saturated carbocycles. The standard InChI is InChI=1S/C24H27F2N7O2/c1-14(25)10-32-19-9-15(3-4-18(19)29-31-32)20-17(26)11-33-21(20)22(34-2)28-23(30-33)27-16-5-7-24(8-6-16)12-35-13-24/h3-4,9,11,14,16H,5-8,10,12-13H2,1-2H3,(H,27,30)/t14-/m0/s1. The Bertz CT molecular complexity index is 1390. The predicted octanol–water partition coefficient (Wildman–Crippen LogP) is 4.02. The molecule has 3 aromatic heterocycles. The quantitative estimate of drug-likeness (QED) is 0.443. The van der Waals surface area contributed by atoms with Crippen LogP contribution in [0.5, 0.6) is 5.88 Å². The number of benzene rings is 1. The highest BCUT2D eigenvalue weighted by atomic mass is 19.1. The first kappa shape index (κ1) is 22.1. The molecule has 2 aliphatic rings. The average molecular weight is 484 g/mol. The second kappa shape index (κ2) is 8.40. The van der Waals surface area contributed by atoms with Crippen LogP contribution in [0.4, 0.5) is 14.7 Å². The summed E-state index contributed by atoms with van der Waals surface area (Å²) in [6.45, 7) is 3.24. The molecule has 35 heavy (non-hydrogen) atoms. The van der Waals surface area contributed by atoms with Crippen LogP contribution in [0.15, 0.2) is 24.4 Å². The van der Waals surface area contributed by atoms with Crippen LogP contribution in [-0.4, -0.2) is 62.1 Å². The van der Waals surface area contributed by atoms with E-state index in [-0.39, 0.29) is 18.5 Å². The van der Waals surface area contributed by atoms with E-state index in [0.29, 0.717) is 39.0 Å². The van der Waals surface area contributed by atoms with Crippen molar-refractivity contribution in [2.45, 2.75) is 51.4 Å². The number of aromatic nitrogens is 6. The normalized spacial score (nSPS) is 18.7. The number of anilines is 1. The molecule has 1 aliphatic carbocycles. The van der Waals surface area contributed by atoms with E-state index in [1.54, 1.807) is 18.2 Å². The first-order valence-corrected chi connectivity index (χ1v) is 11.9. The maximum atomic E-state index is 15.3. The third kappa shape index (κ3) is 3.87. The van der Waals surface area contributed by atoms with E-state index in [1.807, 2.05) is 0 Å². The number of methoxy groups -OCH3 is 1. The molecule has 0 amide bonds. The monoisotopic (exact) mass is 483 g/mol. The molecule has 1 N–H and O–H groups in total. The Morgan fingerprint density at radius 1 is 1.29 bits per heavy atom. The van der Waals surface area contributed by atoms with Gasteiger partial charge in [-0.1, -0.05) is 11.3 Å². The summed E-state index contributed by atoms with van der Waals surface area (Å²) in [5.41, 5.74) is 2.89.